The Morgan fingerprint density at radius 1 is 0.833 bits per heavy atom. The van der Waals surface area contributed by atoms with E-state index in [1.54, 1.807) is 0 Å². The van der Waals surface area contributed by atoms with Gasteiger partial charge in [-0.1, -0.05) is 115 Å². The zero-order chi connectivity index (χ0) is 26.8. The van der Waals surface area contributed by atoms with Gasteiger partial charge in [-0.2, -0.15) is 0 Å². The third-order valence-electron chi connectivity index (χ3n) is 8.34. The van der Waals surface area contributed by atoms with E-state index >= 15 is 0 Å². The summed E-state index contributed by atoms with van der Waals surface area (Å²) in [5.41, 5.74) is 0. The predicted octanol–water partition coefficient (Wildman–Crippen LogP) is 6.93. The Hall–Kier alpha value is -1.51. The standard InChI is InChI=1S/C31H48O3Si2/c1-11-18-27-24(2)29(34-35(9,10)30(3,4)5)28(33-27)23-32-36(31(6,7)8,25-19-14-12-15-20-25)26-21-16-13-17-22-26/h11-17,19-22,24,27-29H,1,18,23H2,2-10H3/t24-,27+,28-,29+/m0/s1. The summed E-state index contributed by atoms with van der Waals surface area (Å²) < 4.78 is 21.0. The van der Waals surface area contributed by atoms with Gasteiger partial charge in [0.15, 0.2) is 8.32 Å². The Balaban J connectivity index is 2.02. The summed E-state index contributed by atoms with van der Waals surface area (Å²) in [4.78, 5) is 0. The van der Waals surface area contributed by atoms with Crippen LogP contribution in [0.25, 0.3) is 0 Å². The number of rotatable bonds is 9. The first kappa shape index (κ1) is 29.1. The predicted molar refractivity (Wildman–Crippen MR) is 158 cm³/mol. The van der Waals surface area contributed by atoms with Gasteiger partial charge >= 0.3 is 0 Å². The van der Waals surface area contributed by atoms with Crippen molar-refractivity contribution in [3.05, 3.63) is 73.3 Å². The second kappa shape index (κ2) is 11.1. The van der Waals surface area contributed by atoms with E-state index in [4.69, 9.17) is 13.6 Å². The molecule has 0 amide bonds. The maximum atomic E-state index is 7.28. The fourth-order valence-electron chi connectivity index (χ4n) is 5.21. The minimum absolute atomic E-state index is 0.00839. The zero-order valence-corrected chi connectivity index (χ0v) is 26.0. The van der Waals surface area contributed by atoms with Crippen molar-refractivity contribution >= 4 is 27.0 Å². The van der Waals surface area contributed by atoms with Crippen LogP contribution in [-0.2, 0) is 13.6 Å². The van der Waals surface area contributed by atoms with Crippen LogP contribution in [-0.4, -0.2) is 41.6 Å². The van der Waals surface area contributed by atoms with E-state index in [2.05, 4.69) is 129 Å². The Morgan fingerprint density at radius 2 is 1.33 bits per heavy atom. The molecule has 1 saturated heterocycles. The molecule has 198 valence electrons. The summed E-state index contributed by atoms with van der Waals surface area (Å²) in [7, 11) is -4.64. The van der Waals surface area contributed by atoms with Crippen LogP contribution in [0.1, 0.15) is 54.9 Å². The molecule has 0 radical (unpaired) electrons. The number of hydrogen-bond donors (Lipinski definition) is 0. The van der Waals surface area contributed by atoms with Gasteiger partial charge in [0.2, 0.25) is 0 Å². The molecule has 3 nitrogen and oxygen atoms in total. The van der Waals surface area contributed by atoms with Crippen LogP contribution in [0, 0.1) is 5.92 Å². The van der Waals surface area contributed by atoms with E-state index < -0.39 is 16.6 Å². The number of benzene rings is 2. The normalized spacial score (nSPS) is 23.6. The van der Waals surface area contributed by atoms with Gasteiger partial charge in [-0.15, -0.1) is 6.58 Å². The molecule has 2 aromatic carbocycles. The number of ether oxygens (including phenoxy) is 1. The highest BCUT2D eigenvalue weighted by Crippen LogP contribution is 2.43. The van der Waals surface area contributed by atoms with Crippen molar-refractivity contribution in [3.8, 4) is 0 Å². The minimum Gasteiger partial charge on any atom is -0.411 e. The first-order valence-electron chi connectivity index (χ1n) is 13.4. The van der Waals surface area contributed by atoms with Crippen molar-refractivity contribution in [1.82, 2.24) is 0 Å². The van der Waals surface area contributed by atoms with E-state index in [9.17, 15) is 0 Å². The van der Waals surface area contributed by atoms with Crippen LogP contribution in [0.2, 0.25) is 23.2 Å². The van der Waals surface area contributed by atoms with Crippen molar-refractivity contribution in [3.63, 3.8) is 0 Å². The zero-order valence-electron chi connectivity index (χ0n) is 24.0. The summed E-state index contributed by atoms with van der Waals surface area (Å²) in [6, 6.07) is 21.7. The molecule has 1 aliphatic heterocycles. The van der Waals surface area contributed by atoms with Crippen molar-refractivity contribution in [2.45, 2.75) is 96.4 Å². The van der Waals surface area contributed by atoms with Gasteiger partial charge in [-0.05, 0) is 40.0 Å². The highest BCUT2D eigenvalue weighted by atomic mass is 28.4. The molecule has 5 heteroatoms. The molecule has 4 atom stereocenters. The molecular weight excluding hydrogens is 477 g/mol. The second-order valence-corrected chi connectivity index (χ2v) is 22.0. The Bertz CT molecular complexity index is 937. The van der Waals surface area contributed by atoms with Crippen LogP contribution in [0.4, 0.5) is 0 Å². The monoisotopic (exact) mass is 524 g/mol. The largest absolute Gasteiger partial charge is 0.411 e. The first-order chi connectivity index (χ1) is 16.7. The molecule has 0 aromatic heterocycles. The summed E-state index contributed by atoms with van der Waals surface area (Å²) in [5.74, 6) is 0.282. The summed E-state index contributed by atoms with van der Waals surface area (Å²) in [6.07, 6.45) is 2.80. The van der Waals surface area contributed by atoms with Crippen molar-refractivity contribution in [2.75, 3.05) is 6.61 Å². The maximum absolute atomic E-state index is 7.28. The fraction of sp³-hybridized carbons (Fsp3) is 0.548. The van der Waals surface area contributed by atoms with Gasteiger partial charge in [-0.3, -0.25) is 0 Å². The average molecular weight is 525 g/mol. The molecular formula is C31H48O3Si2. The van der Waals surface area contributed by atoms with Crippen molar-refractivity contribution in [1.29, 1.82) is 0 Å². The third-order valence-corrected chi connectivity index (χ3v) is 17.8. The Morgan fingerprint density at radius 3 is 1.75 bits per heavy atom. The quantitative estimate of drug-likeness (QED) is 0.263. The molecule has 3 rings (SSSR count). The van der Waals surface area contributed by atoms with Gasteiger partial charge in [-0.25, -0.2) is 0 Å². The van der Waals surface area contributed by atoms with E-state index in [0.717, 1.165) is 6.42 Å². The molecule has 0 aliphatic carbocycles. The van der Waals surface area contributed by atoms with Gasteiger partial charge in [0.05, 0.1) is 18.8 Å². The lowest BCUT2D eigenvalue weighted by Crippen LogP contribution is -2.67. The van der Waals surface area contributed by atoms with Gasteiger partial charge in [0.1, 0.15) is 6.10 Å². The molecule has 0 bridgehead atoms. The van der Waals surface area contributed by atoms with Crippen molar-refractivity contribution in [2.24, 2.45) is 5.92 Å². The second-order valence-electron chi connectivity index (χ2n) is 12.9. The highest BCUT2D eigenvalue weighted by molar-refractivity contribution is 6.99. The number of hydrogen-bond acceptors (Lipinski definition) is 3. The SMILES string of the molecule is C=CC[C@H]1O[C@@H](CO[Si](c2ccccc2)(c2ccccc2)C(C)(C)C)[C@H](O[Si](C)(C)C(C)(C)C)[C@H]1C. The molecule has 1 fully saturated rings. The molecule has 0 spiro atoms. The Kier molecular flexibility index (Phi) is 8.94. The molecule has 0 unspecified atom stereocenters. The van der Waals surface area contributed by atoms with E-state index in [1.807, 2.05) is 6.08 Å². The van der Waals surface area contributed by atoms with Gasteiger partial charge < -0.3 is 13.6 Å². The average Bonchev–Trinajstić information content (AvgIpc) is 3.08. The maximum Gasteiger partial charge on any atom is 0.261 e. The highest BCUT2D eigenvalue weighted by Gasteiger charge is 2.53. The van der Waals surface area contributed by atoms with E-state index in [0.29, 0.717) is 6.61 Å². The Labute approximate surface area is 222 Å². The molecule has 1 aliphatic rings. The molecule has 1 heterocycles. The molecule has 0 saturated carbocycles. The van der Waals surface area contributed by atoms with Gasteiger partial charge in [0, 0.05) is 5.92 Å². The van der Waals surface area contributed by atoms with Crippen LogP contribution in [0.5, 0.6) is 0 Å². The van der Waals surface area contributed by atoms with Crippen LogP contribution in [0.15, 0.2) is 73.3 Å². The van der Waals surface area contributed by atoms with Gasteiger partial charge in [0.25, 0.3) is 8.32 Å². The lowest BCUT2D eigenvalue weighted by molar-refractivity contribution is -0.0139. The molecule has 2 aromatic rings. The van der Waals surface area contributed by atoms with Crippen LogP contribution in [0.3, 0.4) is 0 Å². The van der Waals surface area contributed by atoms with E-state index in [1.165, 1.54) is 10.4 Å². The lowest BCUT2D eigenvalue weighted by atomic mass is 9.97. The summed E-state index contributed by atoms with van der Waals surface area (Å²) in [5, 5.41) is 2.64. The van der Waals surface area contributed by atoms with Crippen LogP contribution < -0.4 is 10.4 Å². The topological polar surface area (TPSA) is 27.7 Å². The molecule has 36 heavy (non-hydrogen) atoms. The molecule has 0 N–H and O–H groups in total. The van der Waals surface area contributed by atoms with Crippen molar-refractivity contribution < 1.29 is 13.6 Å². The summed E-state index contributed by atoms with van der Waals surface area (Å²) >= 11 is 0. The first-order valence-corrected chi connectivity index (χ1v) is 18.3. The minimum atomic E-state index is -2.65. The fourth-order valence-corrected chi connectivity index (χ4v) is 11.2. The van der Waals surface area contributed by atoms with Crippen LogP contribution >= 0.6 is 0 Å². The van der Waals surface area contributed by atoms with E-state index in [-0.39, 0.29) is 34.3 Å². The smallest absolute Gasteiger partial charge is 0.261 e. The lowest BCUT2D eigenvalue weighted by Gasteiger charge is -2.44. The third kappa shape index (κ3) is 5.81. The summed E-state index contributed by atoms with van der Waals surface area (Å²) in [6.45, 7) is 25.3.